The highest BCUT2D eigenvalue weighted by Crippen LogP contribution is 2.41. The third-order valence-electron chi connectivity index (χ3n) is 6.27. The molecule has 6 nitrogen and oxygen atoms in total. The number of halogens is 3. The normalized spacial score (nSPS) is 22.3. The summed E-state index contributed by atoms with van der Waals surface area (Å²) in [4.78, 5) is 53.2. The monoisotopic (exact) mass is 506 g/mol. The van der Waals surface area contributed by atoms with E-state index >= 15 is 0 Å². The van der Waals surface area contributed by atoms with Gasteiger partial charge in [-0.1, -0.05) is 53.9 Å². The molecule has 9 heteroatoms. The van der Waals surface area contributed by atoms with Crippen molar-refractivity contribution in [3.8, 4) is 0 Å². The number of benzene rings is 2. The summed E-state index contributed by atoms with van der Waals surface area (Å²) in [5.74, 6) is -2.89. The topological polar surface area (TPSA) is 74.8 Å². The van der Waals surface area contributed by atoms with Crippen LogP contribution < -0.4 is 0 Å². The van der Waals surface area contributed by atoms with E-state index in [9.17, 15) is 19.2 Å². The van der Waals surface area contributed by atoms with Gasteiger partial charge in [0.25, 0.3) is 17.7 Å². The molecule has 0 radical (unpaired) electrons. The fraction of sp³-hybridized carbons (Fsp3) is 0.333. The van der Waals surface area contributed by atoms with Crippen LogP contribution in [0.2, 0.25) is 15.1 Å². The Morgan fingerprint density at radius 1 is 0.939 bits per heavy atom. The van der Waals surface area contributed by atoms with Gasteiger partial charge in [-0.05, 0) is 55.5 Å². The highest BCUT2D eigenvalue weighted by Gasteiger charge is 2.53. The Bertz CT molecular complexity index is 1150. The Kier molecular flexibility index (Phi) is 6.80. The third kappa shape index (κ3) is 4.52. The van der Waals surface area contributed by atoms with Gasteiger partial charge in [-0.3, -0.25) is 19.2 Å². The van der Waals surface area contributed by atoms with Gasteiger partial charge >= 0.3 is 0 Å². The van der Waals surface area contributed by atoms with Crippen LogP contribution in [-0.4, -0.2) is 40.1 Å². The SMILES string of the molecule is C[C@@H]1CC[C@@H]2C(=O)N(N(CC(=O)c3ccc(Cl)cc3Cl)C(=O)c3ccccc3Cl)C(=O)[C@@H]2C1. The van der Waals surface area contributed by atoms with Crippen LogP contribution in [0.25, 0.3) is 0 Å². The molecule has 0 aromatic heterocycles. The average molecular weight is 508 g/mol. The summed E-state index contributed by atoms with van der Waals surface area (Å²) in [6.45, 7) is 1.48. The molecule has 33 heavy (non-hydrogen) atoms. The minimum atomic E-state index is -0.715. The van der Waals surface area contributed by atoms with E-state index in [4.69, 9.17) is 34.8 Å². The Hall–Kier alpha value is -2.41. The number of nitrogens with zero attached hydrogens (tertiary/aromatic N) is 2. The number of rotatable bonds is 5. The van der Waals surface area contributed by atoms with Gasteiger partial charge in [0.05, 0.1) is 27.4 Å². The molecule has 2 aromatic carbocycles. The zero-order chi connectivity index (χ0) is 23.9. The first kappa shape index (κ1) is 23.7. The second kappa shape index (κ2) is 9.45. The molecule has 3 amide bonds. The first-order chi connectivity index (χ1) is 15.7. The first-order valence-electron chi connectivity index (χ1n) is 10.6. The van der Waals surface area contributed by atoms with Gasteiger partial charge in [0.1, 0.15) is 6.54 Å². The molecular formula is C24H21Cl3N2O4. The van der Waals surface area contributed by atoms with Crippen molar-refractivity contribution >= 4 is 58.3 Å². The van der Waals surface area contributed by atoms with Crippen LogP contribution in [0.3, 0.4) is 0 Å². The summed E-state index contributed by atoms with van der Waals surface area (Å²) in [6, 6.07) is 10.6. The number of hydrazine groups is 1. The Labute approximate surface area is 206 Å². The van der Waals surface area contributed by atoms with Crippen molar-refractivity contribution in [1.82, 2.24) is 10.0 Å². The van der Waals surface area contributed by atoms with Gasteiger partial charge in [0, 0.05) is 10.6 Å². The number of hydrogen-bond donors (Lipinski definition) is 0. The summed E-state index contributed by atoms with van der Waals surface area (Å²) in [5.41, 5.74) is 0.209. The van der Waals surface area contributed by atoms with Crippen LogP contribution in [0, 0.1) is 17.8 Å². The lowest BCUT2D eigenvalue weighted by molar-refractivity contribution is -0.154. The molecule has 0 bridgehead atoms. The maximum atomic E-state index is 13.5. The van der Waals surface area contributed by atoms with Crippen molar-refractivity contribution < 1.29 is 19.2 Å². The van der Waals surface area contributed by atoms with Gasteiger partial charge in [-0.25, -0.2) is 5.01 Å². The second-order valence-corrected chi connectivity index (χ2v) is 9.76. The van der Waals surface area contributed by atoms with Gasteiger partial charge in [-0.15, -0.1) is 0 Å². The lowest BCUT2D eigenvalue weighted by atomic mass is 9.76. The number of amides is 3. The summed E-state index contributed by atoms with van der Waals surface area (Å²) in [7, 11) is 0. The van der Waals surface area contributed by atoms with Crippen LogP contribution in [-0.2, 0) is 9.59 Å². The maximum Gasteiger partial charge on any atom is 0.274 e. The zero-order valence-electron chi connectivity index (χ0n) is 17.8. The van der Waals surface area contributed by atoms with E-state index in [1.807, 2.05) is 6.92 Å². The van der Waals surface area contributed by atoms with E-state index in [0.29, 0.717) is 23.8 Å². The number of imide groups is 1. The molecule has 1 heterocycles. The summed E-state index contributed by atoms with van der Waals surface area (Å²) in [6.07, 6.45) is 1.96. The minimum absolute atomic E-state index is 0.0815. The van der Waals surface area contributed by atoms with Crippen LogP contribution in [0.4, 0.5) is 0 Å². The quantitative estimate of drug-likeness (QED) is 0.406. The van der Waals surface area contributed by atoms with Crippen molar-refractivity contribution in [1.29, 1.82) is 0 Å². The Morgan fingerprint density at radius 2 is 1.64 bits per heavy atom. The van der Waals surface area contributed by atoms with Crippen molar-refractivity contribution in [2.45, 2.75) is 26.2 Å². The predicted molar refractivity (Wildman–Crippen MR) is 125 cm³/mol. The molecule has 1 saturated carbocycles. The standard InChI is InChI=1S/C24H21Cl3N2O4/c1-13-6-8-15-18(10-13)24(33)29(23(15)32)28(22(31)17-4-2-3-5-19(17)26)12-21(30)16-9-7-14(25)11-20(16)27/h2-5,7,9,11,13,15,18H,6,8,10,12H2,1H3/t13-,15+,18-/m1/s1. The third-order valence-corrected chi connectivity index (χ3v) is 7.15. The zero-order valence-corrected chi connectivity index (χ0v) is 20.0. The van der Waals surface area contributed by atoms with Gasteiger partial charge in [0.15, 0.2) is 5.78 Å². The van der Waals surface area contributed by atoms with E-state index in [2.05, 4.69) is 0 Å². The van der Waals surface area contributed by atoms with Gasteiger partial charge in [0.2, 0.25) is 0 Å². The highest BCUT2D eigenvalue weighted by molar-refractivity contribution is 6.37. The highest BCUT2D eigenvalue weighted by atomic mass is 35.5. The van der Waals surface area contributed by atoms with E-state index in [1.165, 1.54) is 30.3 Å². The lowest BCUT2D eigenvalue weighted by Crippen LogP contribution is -2.52. The number of Topliss-reactive ketones (excluding diaryl/α,β-unsaturated/α-hetero) is 1. The molecule has 172 valence electrons. The molecule has 1 aliphatic carbocycles. The number of carbonyl (C=O) groups is 4. The number of fused-ring (bicyclic) bond motifs is 1. The van der Waals surface area contributed by atoms with Crippen molar-refractivity contribution in [2.75, 3.05) is 6.54 Å². The molecule has 1 aliphatic heterocycles. The Morgan fingerprint density at radius 3 is 2.33 bits per heavy atom. The molecule has 1 saturated heterocycles. The minimum Gasteiger partial charge on any atom is -0.292 e. The second-order valence-electron chi connectivity index (χ2n) is 8.51. The van der Waals surface area contributed by atoms with Gasteiger partial charge < -0.3 is 0 Å². The van der Waals surface area contributed by atoms with E-state index in [0.717, 1.165) is 16.4 Å². The molecule has 4 rings (SSSR count). The van der Waals surface area contributed by atoms with Crippen LogP contribution in [0.5, 0.6) is 0 Å². The fourth-order valence-corrected chi connectivity index (χ4v) is 5.28. The molecular weight excluding hydrogens is 487 g/mol. The molecule has 0 spiro atoms. The van der Waals surface area contributed by atoms with E-state index in [1.54, 1.807) is 12.1 Å². The van der Waals surface area contributed by atoms with Crippen molar-refractivity contribution in [3.05, 3.63) is 68.7 Å². The molecule has 2 aromatic rings. The van der Waals surface area contributed by atoms with E-state index in [-0.39, 0.29) is 21.2 Å². The van der Waals surface area contributed by atoms with Crippen LogP contribution in [0.1, 0.15) is 46.9 Å². The molecule has 3 atom stereocenters. The van der Waals surface area contributed by atoms with Crippen LogP contribution in [0.15, 0.2) is 42.5 Å². The number of hydrogen-bond acceptors (Lipinski definition) is 4. The largest absolute Gasteiger partial charge is 0.292 e. The smallest absolute Gasteiger partial charge is 0.274 e. The number of carbonyl (C=O) groups excluding carboxylic acids is 4. The lowest BCUT2D eigenvalue weighted by Gasteiger charge is -2.30. The first-order valence-corrected chi connectivity index (χ1v) is 11.7. The molecule has 0 N–H and O–H groups in total. The van der Waals surface area contributed by atoms with Crippen molar-refractivity contribution in [3.63, 3.8) is 0 Å². The summed E-state index contributed by atoms with van der Waals surface area (Å²) in [5, 5.41) is 2.36. The maximum absolute atomic E-state index is 13.5. The molecule has 2 aliphatic rings. The molecule has 0 unspecified atom stereocenters. The van der Waals surface area contributed by atoms with Crippen LogP contribution >= 0.6 is 34.8 Å². The van der Waals surface area contributed by atoms with Crippen molar-refractivity contribution in [2.24, 2.45) is 17.8 Å². The predicted octanol–water partition coefficient (Wildman–Crippen LogP) is 5.31. The fourth-order valence-electron chi connectivity index (χ4n) is 4.55. The number of ketones is 1. The summed E-state index contributed by atoms with van der Waals surface area (Å²) < 4.78 is 0. The average Bonchev–Trinajstić information content (AvgIpc) is 3.01. The summed E-state index contributed by atoms with van der Waals surface area (Å²) >= 11 is 18.3. The van der Waals surface area contributed by atoms with Gasteiger partial charge in [-0.2, -0.15) is 5.01 Å². The molecule has 2 fully saturated rings. The Balaban J connectivity index is 1.72. The van der Waals surface area contributed by atoms with E-state index < -0.39 is 41.9 Å².